The van der Waals surface area contributed by atoms with E-state index in [1.807, 2.05) is 17.0 Å². The van der Waals surface area contributed by atoms with Gasteiger partial charge in [0.1, 0.15) is 0 Å². The van der Waals surface area contributed by atoms with Crippen LogP contribution in [0.2, 0.25) is 0 Å². The molecule has 0 aliphatic carbocycles. The van der Waals surface area contributed by atoms with Gasteiger partial charge in [0.15, 0.2) is 0 Å². The van der Waals surface area contributed by atoms with Crippen LogP contribution in [-0.2, 0) is 18.6 Å². The van der Waals surface area contributed by atoms with Gasteiger partial charge in [0.2, 0.25) is 0 Å². The van der Waals surface area contributed by atoms with Gasteiger partial charge in [-0.25, -0.2) is 0 Å². The molecule has 4 nitrogen and oxygen atoms in total. The van der Waals surface area contributed by atoms with Gasteiger partial charge in [0, 0.05) is 36.8 Å². The molecule has 10 heteroatoms. The van der Waals surface area contributed by atoms with Crippen LogP contribution >= 0.6 is 0 Å². The quantitative estimate of drug-likeness (QED) is 0.405. The van der Waals surface area contributed by atoms with Crippen LogP contribution in [0.25, 0.3) is 0 Å². The van der Waals surface area contributed by atoms with E-state index in [0.717, 1.165) is 41.8 Å². The zero-order chi connectivity index (χ0) is 23.7. The number of nitrogens with one attached hydrogen (secondary N) is 2. The third-order valence-electron chi connectivity index (χ3n) is 5.63. The largest absolute Gasteiger partial charge is 0.430 e. The molecule has 0 unspecified atom stereocenters. The highest BCUT2D eigenvalue weighted by Crippen LogP contribution is 2.50. The lowest BCUT2D eigenvalue weighted by atomic mass is 9.91. The van der Waals surface area contributed by atoms with Crippen LogP contribution < -0.4 is 4.90 Å². The number of aliphatic hydroxyl groups is 1. The molecular weight excluding hydrogens is 436 g/mol. The molecule has 1 heterocycles. The smallest absolute Gasteiger partial charge is 0.369 e. The molecule has 0 amide bonds. The van der Waals surface area contributed by atoms with Gasteiger partial charge in [-0.1, -0.05) is 36.4 Å². The highest BCUT2D eigenvalue weighted by molar-refractivity contribution is 5.87. The molecule has 0 aromatic heterocycles. The minimum atomic E-state index is -5.92. The Labute approximate surface area is 180 Å². The normalized spacial score (nSPS) is 15.8. The Morgan fingerprint density at radius 2 is 1.53 bits per heavy atom. The lowest BCUT2D eigenvalue weighted by molar-refractivity contribution is -0.376. The first-order chi connectivity index (χ1) is 14.9. The molecule has 1 aliphatic rings. The SMILES string of the molecule is N=CC(C=N)c1ccc2c(c1)CCCN2Cc1ccc(C(O)(C(F)(F)F)C(F)(F)F)cc1. The first-order valence-electron chi connectivity index (χ1n) is 9.76. The number of hydrogen-bond acceptors (Lipinski definition) is 4. The van der Waals surface area contributed by atoms with Crippen LogP contribution in [0.3, 0.4) is 0 Å². The Morgan fingerprint density at radius 3 is 2.06 bits per heavy atom. The van der Waals surface area contributed by atoms with Gasteiger partial charge >= 0.3 is 12.4 Å². The van der Waals surface area contributed by atoms with Crippen LogP contribution in [0.5, 0.6) is 0 Å². The number of hydrogen-bond donors (Lipinski definition) is 3. The third-order valence-corrected chi connectivity index (χ3v) is 5.63. The predicted octanol–water partition coefficient (Wildman–Crippen LogP) is 5.33. The Balaban J connectivity index is 1.86. The van der Waals surface area contributed by atoms with Crippen LogP contribution in [-0.4, -0.2) is 36.4 Å². The van der Waals surface area contributed by atoms with Crippen molar-refractivity contribution in [2.75, 3.05) is 11.4 Å². The Hall–Kier alpha value is -2.88. The van der Waals surface area contributed by atoms with Crippen molar-refractivity contribution in [2.45, 2.75) is 43.3 Å². The van der Waals surface area contributed by atoms with E-state index in [2.05, 4.69) is 0 Å². The standard InChI is InChI=1S/C22H21F6N3O/c23-21(24,25)20(32,22(26,27)28)18-6-3-14(4-7-18)13-31-9-1-2-16-10-15(5-8-19(16)31)17(11-29)12-30/h3-8,10-12,17,29-30,32H,1-2,9,13H2. The fourth-order valence-electron chi connectivity index (χ4n) is 3.87. The van der Waals surface area contributed by atoms with Crippen molar-refractivity contribution < 1.29 is 31.4 Å². The highest BCUT2D eigenvalue weighted by Gasteiger charge is 2.71. The summed E-state index contributed by atoms with van der Waals surface area (Å²) in [5.41, 5.74) is -3.03. The second-order valence-corrected chi connectivity index (χ2v) is 7.68. The van der Waals surface area contributed by atoms with Crippen molar-refractivity contribution in [3.8, 4) is 0 Å². The lowest BCUT2D eigenvalue weighted by Gasteiger charge is -2.33. The van der Waals surface area contributed by atoms with E-state index in [1.54, 1.807) is 6.07 Å². The molecular formula is C22H21F6N3O. The van der Waals surface area contributed by atoms with E-state index in [-0.39, 0.29) is 6.54 Å². The fraction of sp³-hybridized carbons (Fsp3) is 0.364. The lowest BCUT2D eigenvalue weighted by Crippen LogP contribution is -2.53. The summed E-state index contributed by atoms with van der Waals surface area (Å²) in [5.74, 6) is -0.427. The topological polar surface area (TPSA) is 71.2 Å². The second kappa shape index (κ2) is 8.57. The number of fused-ring (bicyclic) bond motifs is 1. The van der Waals surface area contributed by atoms with Crippen molar-refractivity contribution in [1.82, 2.24) is 0 Å². The van der Waals surface area contributed by atoms with Crippen molar-refractivity contribution in [3.63, 3.8) is 0 Å². The van der Waals surface area contributed by atoms with E-state index in [9.17, 15) is 31.4 Å². The van der Waals surface area contributed by atoms with Crippen LogP contribution in [0.15, 0.2) is 42.5 Å². The van der Waals surface area contributed by atoms with Crippen LogP contribution in [0, 0.1) is 10.8 Å². The van der Waals surface area contributed by atoms with Gasteiger partial charge in [-0.15, -0.1) is 0 Å². The Morgan fingerprint density at radius 1 is 0.938 bits per heavy atom. The van der Waals surface area contributed by atoms with Gasteiger partial charge in [0.05, 0.1) is 5.92 Å². The molecule has 0 spiro atoms. The molecule has 0 saturated heterocycles. The zero-order valence-electron chi connectivity index (χ0n) is 16.8. The number of rotatable bonds is 6. The van der Waals surface area contributed by atoms with Gasteiger partial charge in [-0.05, 0) is 35.6 Å². The minimum Gasteiger partial charge on any atom is -0.369 e. The molecule has 0 saturated carbocycles. The maximum absolute atomic E-state index is 13.1. The van der Waals surface area contributed by atoms with Gasteiger partial charge in [-0.2, -0.15) is 26.3 Å². The van der Waals surface area contributed by atoms with Gasteiger partial charge in [-0.3, -0.25) is 0 Å². The number of halogens is 6. The van der Waals surface area contributed by atoms with E-state index >= 15 is 0 Å². The number of anilines is 1. The van der Waals surface area contributed by atoms with Crippen molar-refractivity contribution in [1.29, 1.82) is 10.8 Å². The first-order valence-corrected chi connectivity index (χ1v) is 9.76. The first kappa shape index (κ1) is 23.8. The predicted molar refractivity (Wildman–Crippen MR) is 109 cm³/mol. The van der Waals surface area contributed by atoms with E-state index in [0.29, 0.717) is 24.2 Å². The summed E-state index contributed by atoms with van der Waals surface area (Å²) in [4.78, 5) is 1.97. The number of alkyl halides is 6. The minimum absolute atomic E-state index is 0.266. The molecule has 2 aromatic carbocycles. The molecule has 32 heavy (non-hydrogen) atoms. The molecule has 0 atom stereocenters. The maximum Gasteiger partial charge on any atom is 0.430 e. The van der Waals surface area contributed by atoms with Crippen molar-refractivity contribution >= 4 is 18.1 Å². The summed E-state index contributed by atoms with van der Waals surface area (Å²) in [6.45, 7) is 0.920. The van der Waals surface area contributed by atoms with E-state index in [1.165, 1.54) is 12.4 Å². The molecule has 2 aromatic rings. The van der Waals surface area contributed by atoms with Crippen LogP contribution in [0.1, 0.15) is 34.6 Å². The van der Waals surface area contributed by atoms with E-state index < -0.39 is 29.4 Å². The zero-order valence-corrected chi connectivity index (χ0v) is 16.8. The van der Waals surface area contributed by atoms with Gasteiger partial charge in [0.25, 0.3) is 5.60 Å². The van der Waals surface area contributed by atoms with Crippen LogP contribution in [0.4, 0.5) is 32.0 Å². The highest BCUT2D eigenvalue weighted by atomic mass is 19.4. The Kier molecular flexibility index (Phi) is 6.37. The second-order valence-electron chi connectivity index (χ2n) is 7.68. The summed E-state index contributed by atoms with van der Waals surface area (Å²) in [6, 6.07) is 9.18. The fourth-order valence-corrected chi connectivity index (χ4v) is 3.87. The average Bonchev–Trinajstić information content (AvgIpc) is 2.73. The average molecular weight is 457 g/mol. The number of benzene rings is 2. The molecule has 0 bridgehead atoms. The summed E-state index contributed by atoms with van der Waals surface area (Å²) >= 11 is 0. The van der Waals surface area contributed by atoms with Crippen molar-refractivity contribution in [3.05, 3.63) is 64.7 Å². The molecule has 1 aliphatic heterocycles. The molecule has 0 radical (unpaired) electrons. The summed E-state index contributed by atoms with van der Waals surface area (Å²) in [7, 11) is 0. The maximum atomic E-state index is 13.1. The van der Waals surface area contributed by atoms with Gasteiger partial charge < -0.3 is 20.8 Å². The van der Waals surface area contributed by atoms with E-state index in [4.69, 9.17) is 10.8 Å². The van der Waals surface area contributed by atoms with Crippen molar-refractivity contribution in [2.24, 2.45) is 0 Å². The third kappa shape index (κ3) is 4.23. The molecule has 172 valence electrons. The number of aryl methyl sites for hydroxylation is 1. The summed E-state index contributed by atoms with van der Waals surface area (Å²) < 4.78 is 78.4. The monoisotopic (exact) mass is 457 g/mol. The summed E-state index contributed by atoms with van der Waals surface area (Å²) in [5, 5.41) is 24.4. The molecule has 3 rings (SSSR count). The molecule has 0 fully saturated rings. The Bertz CT molecular complexity index is 963. The summed E-state index contributed by atoms with van der Waals surface area (Å²) in [6.07, 6.45) is -7.91. The number of nitrogens with zero attached hydrogens (tertiary/aromatic N) is 1. The molecule has 3 N–H and O–H groups in total.